The number of nitrogens with one attached hydrogen (secondary N) is 1. The van der Waals surface area contributed by atoms with Crippen LogP contribution in [0.25, 0.3) is 0 Å². The minimum Gasteiger partial charge on any atom is -0.392 e. The monoisotopic (exact) mass is 278 g/mol. The predicted octanol–water partition coefficient (Wildman–Crippen LogP) is -0.216. The Morgan fingerprint density at radius 1 is 1.53 bits per heavy atom. The first-order valence-corrected chi connectivity index (χ1v) is 6.79. The number of nitrogens with zero attached hydrogens (tertiary/aromatic N) is 1. The largest absolute Gasteiger partial charge is 0.392 e. The molecule has 8 heteroatoms. The summed E-state index contributed by atoms with van der Waals surface area (Å²) in [5.41, 5.74) is -0.535. The van der Waals surface area contributed by atoms with E-state index in [2.05, 4.69) is 4.98 Å². The van der Waals surface area contributed by atoms with Crippen LogP contribution < -0.4 is 5.56 Å². The third-order valence-electron chi connectivity index (χ3n) is 2.60. The first-order chi connectivity index (χ1) is 7.91. The maximum Gasteiger partial charge on any atom is 0.266 e. The van der Waals surface area contributed by atoms with Crippen molar-refractivity contribution in [1.82, 2.24) is 9.29 Å². The summed E-state index contributed by atoms with van der Waals surface area (Å²) in [7, 11) is -3.69. The van der Waals surface area contributed by atoms with E-state index in [1.807, 2.05) is 0 Å². The van der Waals surface area contributed by atoms with E-state index in [0.29, 0.717) is 6.42 Å². The van der Waals surface area contributed by atoms with Gasteiger partial charge in [-0.25, -0.2) is 8.42 Å². The fourth-order valence-electron chi connectivity index (χ4n) is 1.66. The van der Waals surface area contributed by atoms with Gasteiger partial charge in [0.15, 0.2) is 0 Å². The van der Waals surface area contributed by atoms with Gasteiger partial charge in [0.05, 0.1) is 11.0 Å². The second kappa shape index (κ2) is 4.41. The minimum atomic E-state index is -3.69. The molecule has 1 atom stereocenters. The second-order valence-corrected chi connectivity index (χ2v) is 6.16. The molecule has 1 saturated heterocycles. The number of pyridine rings is 1. The Bertz CT molecular complexity index is 583. The molecular formula is C9H11ClN2O4S. The molecule has 0 aromatic carbocycles. The number of rotatable bonds is 2. The predicted molar refractivity (Wildman–Crippen MR) is 61.5 cm³/mol. The average molecular weight is 279 g/mol. The van der Waals surface area contributed by atoms with Gasteiger partial charge in [-0.3, -0.25) is 4.79 Å². The summed E-state index contributed by atoms with van der Waals surface area (Å²) < 4.78 is 25.3. The normalized spacial score (nSPS) is 21.9. The molecule has 2 rings (SSSR count). The van der Waals surface area contributed by atoms with Crippen LogP contribution in [0, 0.1) is 0 Å². The van der Waals surface area contributed by atoms with E-state index in [4.69, 9.17) is 11.6 Å². The van der Waals surface area contributed by atoms with Crippen molar-refractivity contribution in [2.24, 2.45) is 0 Å². The Hall–Kier alpha value is -0.890. The molecule has 0 aliphatic carbocycles. The molecule has 0 saturated carbocycles. The molecule has 0 bridgehead atoms. The van der Waals surface area contributed by atoms with Crippen LogP contribution in [-0.2, 0) is 10.0 Å². The van der Waals surface area contributed by atoms with Crippen LogP contribution in [0.5, 0.6) is 0 Å². The number of halogens is 1. The lowest BCUT2D eigenvalue weighted by molar-refractivity contribution is 0.189. The molecule has 2 heterocycles. The molecule has 0 amide bonds. The summed E-state index contributed by atoms with van der Waals surface area (Å²) in [6, 6.07) is 1.11. The van der Waals surface area contributed by atoms with Crippen molar-refractivity contribution in [3.05, 3.63) is 27.6 Å². The highest BCUT2D eigenvalue weighted by Crippen LogP contribution is 2.21. The molecule has 2 N–H and O–H groups in total. The quantitative estimate of drug-likeness (QED) is 0.783. The lowest BCUT2D eigenvalue weighted by atomic mass is 10.3. The van der Waals surface area contributed by atoms with Gasteiger partial charge in [-0.15, -0.1) is 0 Å². The number of aromatic nitrogens is 1. The van der Waals surface area contributed by atoms with Crippen LogP contribution in [0.1, 0.15) is 6.42 Å². The summed E-state index contributed by atoms with van der Waals surface area (Å²) in [5, 5.41) is 9.14. The molecule has 1 aromatic heterocycles. The molecule has 0 radical (unpaired) electrons. The van der Waals surface area contributed by atoms with Crippen molar-refractivity contribution in [3.63, 3.8) is 0 Å². The van der Waals surface area contributed by atoms with Crippen LogP contribution in [0.4, 0.5) is 0 Å². The van der Waals surface area contributed by atoms with Gasteiger partial charge in [0.25, 0.3) is 5.56 Å². The highest BCUT2D eigenvalue weighted by atomic mass is 35.5. The van der Waals surface area contributed by atoms with Gasteiger partial charge in [-0.1, -0.05) is 11.6 Å². The Labute approximate surface area is 103 Å². The first kappa shape index (κ1) is 12.6. The number of aromatic amines is 1. The fourth-order valence-corrected chi connectivity index (χ4v) is 3.39. The zero-order valence-electron chi connectivity index (χ0n) is 8.76. The summed E-state index contributed by atoms with van der Waals surface area (Å²) in [4.78, 5) is 13.2. The number of β-amino-alcohol motifs (C(OH)–C–C–N with tert-alkyl or cyclic N) is 1. The van der Waals surface area contributed by atoms with Crippen LogP contribution in [0.2, 0.25) is 5.02 Å². The second-order valence-electron chi connectivity index (χ2n) is 3.82. The van der Waals surface area contributed by atoms with E-state index >= 15 is 0 Å². The number of hydrogen-bond acceptors (Lipinski definition) is 4. The van der Waals surface area contributed by atoms with E-state index in [0.717, 1.165) is 12.3 Å². The Kier molecular flexibility index (Phi) is 3.26. The number of H-pyrrole nitrogens is 1. The van der Waals surface area contributed by atoms with Gasteiger partial charge in [0, 0.05) is 19.3 Å². The highest BCUT2D eigenvalue weighted by molar-refractivity contribution is 7.89. The molecule has 1 aliphatic rings. The van der Waals surface area contributed by atoms with E-state index in [1.165, 1.54) is 4.31 Å². The zero-order chi connectivity index (χ0) is 12.6. The molecule has 1 aromatic rings. The number of aliphatic hydroxyl groups excluding tert-OH is 1. The first-order valence-electron chi connectivity index (χ1n) is 4.97. The molecule has 1 aliphatic heterocycles. The van der Waals surface area contributed by atoms with Crippen molar-refractivity contribution < 1.29 is 13.5 Å². The molecule has 17 heavy (non-hydrogen) atoms. The third-order valence-corrected chi connectivity index (χ3v) is 4.72. The van der Waals surface area contributed by atoms with E-state index in [9.17, 15) is 18.3 Å². The number of aliphatic hydroxyl groups is 1. The van der Waals surface area contributed by atoms with Crippen LogP contribution in [-0.4, -0.2) is 42.0 Å². The van der Waals surface area contributed by atoms with E-state index < -0.39 is 21.7 Å². The van der Waals surface area contributed by atoms with Gasteiger partial charge in [-0.2, -0.15) is 4.31 Å². The van der Waals surface area contributed by atoms with Gasteiger partial charge >= 0.3 is 0 Å². The van der Waals surface area contributed by atoms with Gasteiger partial charge < -0.3 is 10.1 Å². The maximum atomic E-state index is 12.1. The molecular weight excluding hydrogens is 268 g/mol. The minimum absolute atomic E-state index is 0.0685. The lowest BCUT2D eigenvalue weighted by Crippen LogP contribution is -2.30. The van der Waals surface area contributed by atoms with E-state index in [-0.39, 0.29) is 23.0 Å². The molecule has 6 nitrogen and oxygen atoms in total. The molecule has 0 unspecified atom stereocenters. The average Bonchev–Trinajstić information content (AvgIpc) is 2.69. The van der Waals surface area contributed by atoms with Crippen molar-refractivity contribution in [3.8, 4) is 0 Å². The summed E-state index contributed by atoms with van der Waals surface area (Å²) in [5.74, 6) is 0. The summed E-state index contributed by atoms with van der Waals surface area (Å²) >= 11 is 5.58. The standard InChI is InChI=1S/C9H11ClN2O4S/c10-8-3-7(4-11-9(8)14)17(15,16)12-2-1-6(13)5-12/h3-4,6,13H,1-2,5H2,(H,11,14)/t6-/m1/s1. The Balaban J connectivity index is 2.38. The van der Waals surface area contributed by atoms with Gasteiger partial charge in [-0.05, 0) is 12.5 Å². The van der Waals surface area contributed by atoms with E-state index in [1.54, 1.807) is 0 Å². The topological polar surface area (TPSA) is 90.5 Å². The number of sulfonamides is 1. The van der Waals surface area contributed by atoms with Crippen LogP contribution in [0.3, 0.4) is 0 Å². The van der Waals surface area contributed by atoms with Crippen molar-refractivity contribution in [2.45, 2.75) is 17.4 Å². The van der Waals surface area contributed by atoms with Gasteiger partial charge in [0.1, 0.15) is 5.02 Å². The Morgan fingerprint density at radius 2 is 2.24 bits per heavy atom. The highest BCUT2D eigenvalue weighted by Gasteiger charge is 2.31. The molecule has 1 fully saturated rings. The lowest BCUT2D eigenvalue weighted by Gasteiger charge is -2.15. The zero-order valence-corrected chi connectivity index (χ0v) is 10.3. The SMILES string of the molecule is O=c1[nH]cc(S(=O)(=O)N2CC[C@@H](O)C2)cc1Cl. The maximum absolute atomic E-state index is 12.1. The summed E-state index contributed by atoms with van der Waals surface area (Å²) in [6.45, 7) is 0.333. The van der Waals surface area contributed by atoms with Crippen LogP contribution >= 0.6 is 11.6 Å². The van der Waals surface area contributed by atoms with Crippen molar-refractivity contribution in [1.29, 1.82) is 0 Å². The number of hydrogen-bond donors (Lipinski definition) is 2. The van der Waals surface area contributed by atoms with Gasteiger partial charge in [0.2, 0.25) is 10.0 Å². The fraction of sp³-hybridized carbons (Fsp3) is 0.444. The Morgan fingerprint density at radius 3 is 2.76 bits per heavy atom. The third kappa shape index (κ3) is 2.37. The summed E-state index contributed by atoms with van der Waals surface area (Å²) in [6.07, 6.45) is 0.882. The smallest absolute Gasteiger partial charge is 0.266 e. The van der Waals surface area contributed by atoms with Crippen LogP contribution in [0.15, 0.2) is 22.0 Å². The van der Waals surface area contributed by atoms with Crippen molar-refractivity contribution >= 4 is 21.6 Å². The van der Waals surface area contributed by atoms with Crippen molar-refractivity contribution in [2.75, 3.05) is 13.1 Å². The molecule has 0 spiro atoms. The molecule has 94 valence electrons.